The van der Waals surface area contributed by atoms with Gasteiger partial charge in [-0.05, 0) is 120 Å². The summed E-state index contributed by atoms with van der Waals surface area (Å²) in [5.74, 6) is 2.62. The largest absolute Gasteiger partial charge is 0.393 e. The zero-order valence-corrected chi connectivity index (χ0v) is 22.4. The first-order valence-electron chi connectivity index (χ1n) is 14.0. The van der Waals surface area contributed by atoms with Gasteiger partial charge in [-0.25, -0.2) is 0 Å². The minimum Gasteiger partial charge on any atom is -0.393 e. The fourth-order valence-corrected chi connectivity index (χ4v) is 11.6. The monoisotopic (exact) mass is 444 g/mol. The van der Waals surface area contributed by atoms with Crippen LogP contribution in [-0.2, 0) is 0 Å². The standard InChI is InChI=1S/C30H52O2/c1-25(2)17-18-27(5)19(24(25)32)11-15-29(7)21(27)9-10-22-28(6)14-13-23(31)26(3,4)20(28)12-16-30(22,29)8/h19-24,31-32H,9-18H2,1-8H3/t19-,20-,21-,22-,23-,24+,27+,28-,29-,30-/m0/s1. The quantitative estimate of drug-likeness (QED) is 0.414. The third-order valence-electron chi connectivity index (χ3n) is 14.0. The van der Waals surface area contributed by atoms with Gasteiger partial charge >= 0.3 is 0 Å². The van der Waals surface area contributed by atoms with Crippen molar-refractivity contribution >= 4 is 0 Å². The first-order valence-corrected chi connectivity index (χ1v) is 14.0. The van der Waals surface area contributed by atoms with Crippen molar-refractivity contribution < 1.29 is 10.2 Å². The third kappa shape index (κ3) is 2.66. The molecule has 32 heavy (non-hydrogen) atoms. The second-order valence-corrected chi connectivity index (χ2v) is 15.6. The molecule has 0 heterocycles. The number of hydrogen-bond donors (Lipinski definition) is 2. The molecule has 0 unspecified atom stereocenters. The number of hydrogen-bond acceptors (Lipinski definition) is 2. The van der Waals surface area contributed by atoms with E-state index in [1.807, 2.05) is 0 Å². The Morgan fingerprint density at radius 3 is 1.72 bits per heavy atom. The third-order valence-corrected chi connectivity index (χ3v) is 14.0. The van der Waals surface area contributed by atoms with Crippen LogP contribution < -0.4 is 0 Å². The van der Waals surface area contributed by atoms with E-state index in [1.54, 1.807) is 0 Å². The molecule has 10 atom stereocenters. The van der Waals surface area contributed by atoms with Crippen molar-refractivity contribution in [3.05, 3.63) is 0 Å². The second kappa shape index (κ2) is 6.77. The van der Waals surface area contributed by atoms with E-state index in [0.29, 0.717) is 28.1 Å². The van der Waals surface area contributed by atoms with Crippen molar-refractivity contribution in [1.82, 2.24) is 0 Å². The van der Waals surface area contributed by atoms with Gasteiger partial charge in [0, 0.05) is 0 Å². The Labute approximate surface area is 198 Å². The second-order valence-electron chi connectivity index (χ2n) is 15.6. The zero-order chi connectivity index (χ0) is 23.5. The molecule has 0 radical (unpaired) electrons. The van der Waals surface area contributed by atoms with E-state index in [1.165, 1.54) is 57.8 Å². The molecule has 0 saturated heterocycles. The topological polar surface area (TPSA) is 40.5 Å². The summed E-state index contributed by atoms with van der Waals surface area (Å²) in [6.07, 6.45) is 12.2. The van der Waals surface area contributed by atoms with Crippen LogP contribution in [0.3, 0.4) is 0 Å². The fourth-order valence-electron chi connectivity index (χ4n) is 11.6. The molecule has 0 aromatic heterocycles. The number of rotatable bonds is 0. The molecule has 2 N–H and O–H groups in total. The van der Waals surface area contributed by atoms with Gasteiger partial charge in [0.25, 0.3) is 0 Å². The predicted molar refractivity (Wildman–Crippen MR) is 132 cm³/mol. The molecule has 5 saturated carbocycles. The SMILES string of the molecule is CC1(C)CC[C@]2(C)[C@@H](CC[C@@]3(C)[C@H]2CC[C@H]2[C@@]4(C)CC[C@H](O)C(C)(C)[C@@H]4CC[C@@]23C)[C@H]1O. The molecule has 184 valence electrons. The Balaban J connectivity index is 1.52. The maximum atomic E-state index is 11.4. The molecule has 2 heteroatoms. The molecule has 5 aliphatic carbocycles. The van der Waals surface area contributed by atoms with E-state index in [0.717, 1.165) is 18.3 Å². The Morgan fingerprint density at radius 1 is 0.531 bits per heavy atom. The Bertz CT molecular complexity index is 771. The maximum absolute atomic E-state index is 11.4. The maximum Gasteiger partial charge on any atom is 0.0624 e. The molecule has 0 aromatic carbocycles. The lowest BCUT2D eigenvalue weighted by Gasteiger charge is -2.74. The summed E-state index contributed by atoms with van der Waals surface area (Å²) >= 11 is 0. The predicted octanol–water partition coefficient (Wildman–Crippen LogP) is 7.22. The lowest BCUT2D eigenvalue weighted by molar-refractivity contribution is -0.268. The van der Waals surface area contributed by atoms with E-state index in [4.69, 9.17) is 0 Å². The van der Waals surface area contributed by atoms with Crippen LogP contribution in [0.2, 0.25) is 0 Å². The molecule has 2 nitrogen and oxygen atoms in total. The van der Waals surface area contributed by atoms with Gasteiger partial charge in [-0.15, -0.1) is 0 Å². The van der Waals surface area contributed by atoms with Crippen LogP contribution in [0.15, 0.2) is 0 Å². The zero-order valence-electron chi connectivity index (χ0n) is 22.4. The molecule has 0 aromatic rings. The molecular weight excluding hydrogens is 392 g/mol. The van der Waals surface area contributed by atoms with Crippen LogP contribution in [0.25, 0.3) is 0 Å². The first-order chi connectivity index (χ1) is 14.6. The summed E-state index contributed by atoms with van der Waals surface area (Å²) in [6, 6.07) is 0. The van der Waals surface area contributed by atoms with Gasteiger partial charge < -0.3 is 10.2 Å². The molecule has 0 amide bonds. The van der Waals surface area contributed by atoms with Crippen LogP contribution in [0, 0.1) is 56.2 Å². The van der Waals surface area contributed by atoms with Gasteiger partial charge in [0.1, 0.15) is 0 Å². The van der Waals surface area contributed by atoms with E-state index in [9.17, 15) is 10.2 Å². The van der Waals surface area contributed by atoms with E-state index >= 15 is 0 Å². The highest BCUT2D eigenvalue weighted by Crippen LogP contribution is 2.77. The van der Waals surface area contributed by atoms with Crippen LogP contribution in [-0.4, -0.2) is 22.4 Å². The van der Waals surface area contributed by atoms with Crippen LogP contribution >= 0.6 is 0 Å². The Kier molecular flexibility index (Phi) is 5.01. The van der Waals surface area contributed by atoms with Gasteiger partial charge in [0.05, 0.1) is 12.2 Å². The highest BCUT2D eigenvalue weighted by molar-refractivity contribution is 5.19. The average molecular weight is 445 g/mol. The summed E-state index contributed by atoms with van der Waals surface area (Å²) in [7, 11) is 0. The molecule has 0 aliphatic heterocycles. The molecule has 5 rings (SSSR count). The van der Waals surface area contributed by atoms with Gasteiger partial charge in [0.2, 0.25) is 0 Å². The van der Waals surface area contributed by atoms with Crippen molar-refractivity contribution in [2.75, 3.05) is 0 Å². The highest BCUT2D eigenvalue weighted by Gasteiger charge is 2.70. The highest BCUT2D eigenvalue weighted by atomic mass is 16.3. The summed E-state index contributed by atoms with van der Waals surface area (Å²) < 4.78 is 0. The van der Waals surface area contributed by atoms with E-state index < -0.39 is 0 Å². The van der Waals surface area contributed by atoms with Gasteiger partial charge in [-0.1, -0.05) is 55.4 Å². The van der Waals surface area contributed by atoms with Gasteiger partial charge in [-0.3, -0.25) is 0 Å². The molecule has 5 fully saturated rings. The van der Waals surface area contributed by atoms with Crippen molar-refractivity contribution in [3.8, 4) is 0 Å². The van der Waals surface area contributed by atoms with Gasteiger partial charge in [0.15, 0.2) is 0 Å². The molecule has 0 spiro atoms. The number of aliphatic hydroxyl groups excluding tert-OH is 2. The summed E-state index contributed by atoms with van der Waals surface area (Å²) in [5, 5.41) is 22.3. The van der Waals surface area contributed by atoms with E-state index in [-0.39, 0.29) is 28.5 Å². The molecular formula is C30H52O2. The smallest absolute Gasteiger partial charge is 0.0624 e. The number of aliphatic hydroxyl groups is 2. The first kappa shape index (κ1) is 23.7. The minimum absolute atomic E-state index is 0.0365. The lowest BCUT2D eigenvalue weighted by Crippen LogP contribution is -2.68. The van der Waals surface area contributed by atoms with Crippen molar-refractivity contribution in [1.29, 1.82) is 0 Å². The van der Waals surface area contributed by atoms with Crippen LogP contribution in [0.4, 0.5) is 0 Å². The summed E-state index contributed by atoms with van der Waals surface area (Å²) in [4.78, 5) is 0. The minimum atomic E-state index is -0.148. The van der Waals surface area contributed by atoms with Crippen molar-refractivity contribution in [3.63, 3.8) is 0 Å². The number of fused-ring (bicyclic) bond motifs is 7. The Morgan fingerprint density at radius 2 is 1.09 bits per heavy atom. The molecule has 0 bridgehead atoms. The lowest BCUT2D eigenvalue weighted by atomic mass is 9.30. The normalized spacial score (nSPS) is 58.7. The van der Waals surface area contributed by atoms with Crippen molar-refractivity contribution in [2.24, 2.45) is 56.2 Å². The van der Waals surface area contributed by atoms with E-state index in [2.05, 4.69) is 55.4 Å². The summed E-state index contributed by atoms with van der Waals surface area (Å²) in [5.41, 5.74) is 1.50. The fraction of sp³-hybridized carbons (Fsp3) is 1.00. The van der Waals surface area contributed by atoms with Crippen LogP contribution in [0.5, 0.6) is 0 Å². The van der Waals surface area contributed by atoms with Crippen molar-refractivity contribution in [2.45, 2.75) is 132 Å². The van der Waals surface area contributed by atoms with Crippen LogP contribution in [0.1, 0.15) is 120 Å². The van der Waals surface area contributed by atoms with Gasteiger partial charge in [-0.2, -0.15) is 0 Å². The molecule has 5 aliphatic rings. The average Bonchev–Trinajstić information content (AvgIpc) is 2.69. The Hall–Kier alpha value is -0.0800. The summed E-state index contributed by atoms with van der Waals surface area (Å²) in [6.45, 7) is 19.9.